The summed E-state index contributed by atoms with van der Waals surface area (Å²) in [6.07, 6.45) is 5.66. The highest BCUT2D eigenvalue weighted by atomic mass is 16.2. The van der Waals surface area contributed by atoms with Gasteiger partial charge in [-0.25, -0.2) is 0 Å². The Morgan fingerprint density at radius 2 is 2.00 bits per heavy atom. The summed E-state index contributed by atoms with van der Waals surface area (Å²) in [6, 6.07) is 9.17. The predicted octanol–water partition coefficient (Wildman–Crippen LogP) is 3.05. The average molecular weight is 288 g/mol. The zero-order valence-corrected chi connectivity index (χ0v) is 13.3. The molecular weight excluding hydrogens is 260 g/mol. The lowest BCUT2D eigenvalue weighted by Gasteiger charge is -2.35. The van der Waals surface area contributed by atoms with Crippen LogP contribution in [0.4, 0.5) is 0 Å². The summed E-state index contributed by atoms with van der Waals surface area (Å²) < 4.78 is 0. The third-order valence-corrected chi connectivity index (χ3v) is 4.55. The third kappa shape index (κ3) is 4.57. The van der Waals surface area contributed by atoms with Crippen molar-refractivity contribution >= 4 is 5.91 Å². The standard InChI is InChI=1S/C18H28N2O/c1-3-20(17-10-8-16(19)9-11-17)18(21)12-7-15-6-4-5-14(2)13-15/h4-6,13,16-17H,3,7-12,19H2,1-2H3. The molecule has 0 radical (unpaired) electrons. The lowest BCUT2D eigenvalue weighted by atomic mass is 9.90. The van der Waals surface area contributed by atoms with Crippen LogP contribution in [0.2, 0.25) is 0 Å². The number of nitrogens with zero attached hydrogens (tertiary/aromatic N) is 1. The van der Waals surface area contributed by atoms with Gasteiger partial charge in [-0.1, -0.05) is 29.8 Å². The highest BCUT2D eigenvalue weighted by Gasteiger charge is 2.26. The molecule has 1 amide bonds. The first-order valence-electron chi connectivity index (χ1n) is 8.20. The van der Waals surface area contributed by atoms with Crippen molar-refractivity contribution in [1.29, 1.82) is 0 Å². The van der Waals surface area contributed by atoms with E-state index in [1.807, 2.05) is 0 Å². The minimum atomic E-state index is 0.291. The van der Waals surface area contributed by atoms with Gasteiger partial charge in [0, 0.05) is 25.0 Å². The number of rotatable bonds is 5. The van der Waals surface area contributed by atoms with Gasteiger partial charge in [-0.05, 0) is 51.5 Å². The fourth-order valence-corrected chi connectivity index (χ4v) is 3.31. The maximum atomic E-state index is 12.5. The number of carbonyl (C=O) groups excluding carboxylic acids is 1. The maximum absolute atomic E-state index is 12.5. The largest absolute Gasteiger partial charge is 0.340 e. The van der Waals surface area contributed by atoms with Crippen molar-refractivity contribution in [3.8, 4) is 0 Å². The van der Waals surface area contributed by atoms with Crippen molar-refractivity contribution in [2.75, 3.05) is 6.54 Å². The summed E-state index contributed by atoms with van der Waals surface area (Å²) in [5, 5.41) is 0. The number of hydrogen-bond donors (Lipinski definition) is 1. The third-order valence-electron chi connectivity index (χ3n) is 4.55. The van der Waals surface area contributed by atoms with Crippen molar-refractivity contribution in [1.82, 2.24) is 4.90 Å². The summed E-state index contributed by atoms with van der Waals surface area (Å²) in [5.41, 5.74) is 8.47. The molecule has 1 aliphatic rings. The van der Waals surface area contributed by atoms with Crippen LogP contribution in [0.3, 0.4) is 0 Å². The molecule has 0 atom stereocenters. The fourth-order valence-electron chi connectivity index (χ4n) is 3.31. The van der Waals surface area contributed by atoms with Crippen LogP contribution in [0.5, 0.6) is 0 Å². The van der Waals surface area contributed by atoms with Crippen LogP contribution in [0.25, 0.3) is 0 Å². The number of amides is 1. The second-order valence-electron chi connectivity index (χ2n) is 6.24. The van der Waals surface area contributed by atoms with E-state index in [2.05, 4.69) is 43.0 Å². The lowest BCUT2D eigenvalue weighted by Crippen LogP contribution is -2.44. The Bertz CT molecular complexity index is 464. The van der Waals surface area contributed by atoms with Gasteiger partial charge < -0.3 is 10.6 Å². The maximum Gasteiger partial charge on any atom is 0.223 e. The molecule has 3 heteroatoms. The van der Waals surface area contributed by atoms with Gasteiger partial charge in [0.15, 0.2) is 0 Å². The molecule has 21 heavy (non-hydrogen) atoms. The number of aryl methyl sites for hydroxylation is 2. The van der Waals surface area contributed by atoms with E-state index in [0.29, 0.717) is 24.4 Å². The van der Waals surface area contributed by atoms with E-state index in [1.165, 1.54) is 11.1 Å². The second kappa shape index (κ2) is 7.60. The minimum absolute atomic E-state index is 0.291. The van der Waals surface area contributed by atoms with Crippen LogP contribution < -0.4 is 5.73 Å². The van der Waals surface area contributed by atoms with E-state index < -0.39 is 0 Å². The van der Waals surface area contributed by atoms with Gasteiger partial charge in [0.2, 0.25) is 5.91 Å². The van der Waals surface area contributed by atoms with Gasteiger partial charge in [0.25, 0.3) is 0 Å². The van der Waals surface area contributed by atoms with Crippen LogP contribution in [0.15, 0.2) is 24.3 Å². The van der Waals surface area contributed by atoms with Gasteiger partial charge >= 0.3 is 0 Å². The number of hydrogen-bond acceptors (Lipinski definition) is 2. The van der Waals surface area contributed by atoms with Crippen LogP contribution in [-0.4, -0.2) is 29.4 Å². The van der Waals surface area contributed by atoms with Crippen molar-refractivity contribution in [3.05, 3.63) is 35.4 Å². The molecule has 0 heterocycles. The molecular formula is C18H28N2O. The smallest absolute Gasteiger partial charge is 0.223 e. The topological polar surface area (TPSA) is 46.3 Å². The average Bonchev–Trinajstić information content (AvgIpc) is 2.48. The van der Waals surface area contributed by atoms with Crippen LogP contribution >= 0.6 is 0 Å². The Morgan fingerprint density at radius 1 is 1.29 bits per heavy atom. The second-order valence-corrected chi connectivity index (χ2v) is 6.24. The van der Waals surface area contributed by atoms with Gasteiger partial charge in [-0.3, -0.25) is 4.79 Å². The molecule has 3 nitrogen and oxygen atoms in total. The molecule has 116 valence electrons. The molecule has 1 aliphatic carbocycles. The number of nitrogens with two attached hydrogens (primary N) is 1. The van der Waals surface area contributed by atoms with Crippen molar-refractivity contribution < 1.29 is 4.79 Å². The first kappa shape index (κ1) is 16.0. The van der Waals surface area contributed by atoms with E-state index in [-0.39, 0.29) is 0 Å². The molecule has 0 aliphatic heterocycles. The SMILES string of the molecule is CCN(C(=O)CCc1cccc(C)c1)C1CCC(N)CC1. The molecule has 0 saturated heterocycles. The van der Waals surface area contributed by atoms with Crippen molar-refractivity contribution in [3.63, 3.8) is 0 Å². The number of benzene rings is 1. The molecule has 2 rings (SSSR count). The highest BCUT2D eigenvalue weighted by molar-refractivity contribution is 5.76. The summed E-state index contributed by atoms with van der Waals surface area (Å²) in [7, 11) is 0. The van der Waals surface area contributed by atoms with Crippen LogP contribution in [0, 0.1) is 6.92 Å². The molecule has 0 spiro atoms. The Labute approximate surface area is 128 Å². The van der Waals surface area contributed by atoms with E-state index >= 15 is 0 Å². The Morgan fingerprint density at radius 3 is 2.62 bits per heavy atom. The molecule has 1 aromatic rings. The molecule has 1 saturated carbocycles. The summed E-state index contributed by atoms with van der Waals surface area (Å²) >= 11 is 0. The molecule has 1 fully saturated rings. The molecule has 2 N–H and O–H groups in total. The minimum Gasteiger partial charge on any atom is -0.340 e. The van der Waals surface area contributed by atoms with E-state index in [0.717, 1.165) is 38.6 Å². The van der Waals surface area contributed by atoms with Crippen LogP contribution in [-0.2, 0) is 11.2 Å². The zero-order valence-electron chi connectivity index (χ0n) is 13.3. The summed E-state index contributed by atoms with van der Waals surface area (Å²) in [6.45, 7) is 4.99. The van der Waals surface area contributed by atoms with E-state index in [1.54, 1.807) is 0 Å². The van der Waals surface area contributed by atoms with Crippen molar-refractivity contribution in [2.24, 2.45) is 5.73 Å². The van der Waals surface area contributed by atoms with E-state index in [9.17, 15) is 4.79 Å². The molecule has 1 aromatic carbocycles. The Balaban J connectivity index is 1.88. The van der Waals surface area contributed by atoms with Gasteiger partial charge in [0.1, 0.15) is 0 Å². The Kier molecular flexibility index (Phi) is 5.80. The normalized spacial score (nSPS) is 22.0. The molecule has 0 unspecified atom stereocenters. The lowest BCUT2D eigenvalue weighted by molar-refractivity contribution is -0.134. The zero-order chi connectivity index (χ0) is 15.2. The predicted molar refractivity (Wildman–Crippen MR) is 87.1 cm³/mol. The van der Waals surface area contributed by atoms with Gasteiger partial charge in [0.05, 0.1) is 0 Å². The molecule has 0 bridgehead atoms. The first-order valence-corrected chi connectivity index (χ1v) is 8.20. The van der Waals surface area contributed by atoms with Gasteiger partial charge in [-0.15, -0.1) is 0 Å². The van der Waals surface area contributed by atoms with Crippen LogP contribution in [0.1, 0.15) is 50.2 Å². The van der Waals surface area contributed by atoms with Crippen molar-refractivity contribution in [2.45, 2.75) is 64.5 Å². The quantitative estimate of drug-likeness (QED) is 0.905. The first-order chi connectivity index (χ1) is 10.1. The highest BCUT2D eigenvalue weighted by Crippen LogP contribution is 2.23. The van der Waals surface area contributed by atoms with E-state index in [4.69, 9.17) is 5.73 Å². The Hall–Kier alpha value is -1.35. The fraction of sp³-hybridized carbons (Fsp3) is 0.611. The summed E-state index contributed by atoms with van der Waals surface area (Å²) in [4.78, 5) is 14.6. The van der Waals surface area contributed by atoms with Gasteiger partial charge in [-0.2, -0.15) is 0 Å². The summed E-state index contributed by atoms with van der Waals surface area (Å²) in [5.74, 6) is 0.291. The number of carbonyl (C=O) groups is 1. The monoisotopic (exact) mass is 288 g/mol. The molecule has 0 aromatic heterocycles.